The maximum absolute atomic E-state index is 14.7. The van der Waals surface area contributed by atoms with Crippen molar-refractivity contribution in [2.75, 3.05) is 6.61 Å². The quantitative estimate of drug-likeness (QED) is 0.108. The number of aryl methyl sites for hydroxylation is 2. The number of hydrogen-bond acceptors (Lipinski definition) is 9. The zero-order valence-electron chi connectivity index (χ0n) is 34.9. The molecule has 3 N–H and O–H groups in total. The summed E-state index contributed by atoms with van der Waals surface area (Å²) in [5.74, 6) is -3.64. The predicted octanol–water partition coefficient (Wildman–Crippen LogP) is 7.20. The van der Waals surface area contributed by atoms with Gasteiger partial charge in [-0.3, -0.25) is 9.36 Å². The van der Waals surface area contributed by atoms with Gasteiger partial charge in [-0.05, 0) is 65.1 Å². The molecule has 0 amide bonds. The van der Waals surface area contributed by atoms with Crippen LogP contribution in [0.15, 0.2) is 141 Å². The summed E-state index contributed by atoms with van der Waals surface area (Å²) in [6.07, 6.45) is 8.94. The van der Waals surface area contributed by atoms with Gasteiger partial charge in [0.05, 0.1) is 24.5 Å². The lowest BCUT2D eigenvalue weighted by molar-refractivity contribution is -0.0112. The van der Waals surface area contributed by atoms with Crippen LogP contribution >= 0.6 is 0 Å². The van der Waals surface area contributed by atoms with E-state index in [1.54, 1.807) is 47.7 Å². The molecule has 13 nitrogen and oxygen atoms in total. The van der Waals surface area contributed by atoms with E-state index in [1.165, 1.54) is 46.8 Å². The topological polar surface area (TPSA) is 158 Å². The Morgan fingerprint density at radius 2 is 1.11 bits per heavy atom. The highest BCUT2D eigenvalue weighted by Crippen LogP contribution is 2.41. The fourth-order valence-electron chi connectivity index (χ4n) is 7.19. The molecule has 0 spiro atoms. The van der Waals surface area contributed by atoms with E-state index >= 15 is 0 Å². The van der Waals surface area contributed by atoms with Crippen molar-refractivity contribution < 1.29 is 32.9 Å². The van der Waals surface area contributed by atoms with Crippen molar-refractivity contribution in [3.05, 3.63) is 187 Å². The molecule has 4 aromatic carbocycles. The van der Waals surface area contributed by atoms with E-state index in [9.17, 15) is 27.8 Å². The van der Waals surface area contributed by atoms with Gasteiger partial charge >= 0.3 is 0 Å². The Labute approximate surface area is 360 Å². The number of halogens is 4. The lowest BCUT2D eigenvalue weighted by atomic mass is 9.77. The highest BCUT2D eigenvalue weighted by atomic mass is 19.1. The lowest BCUT2D eigenvalue weighted by Gasteiger charge is -2.35. The van der Waals surface area contributed by atoms with Crippen LogP contribution in [0.25, 0.3) is 28.1 Å². The molecule has 4 heterocycles. The first-order valence-electron chi connectivity index (χ1n) is 19.7. The lowest BCUT2D eigenvalue weighted by Crippen LogP contribution is -2.38. The molecule has 3 atom stereocenters. The minimum Gasteiger partial charge on any atom is -0.397 e. The number of rotatable bonds is 12. The first kappa shape index (κ1) is 45.4. The zero-order chi connectivity index (χ0) is 45.3. The molecule has 0 bridgehead atoms. The molecule has 0 radical (unpaired) electrons. The Hall–Kier alpha value is -7.08. The van der Waals surface area contributed by atoms with E-state index in [4.69, 9.17) is 5.11 Å². The van der Waals surface area contributed by atoms with Crippen LogP contribution < -0.4 is 0 Å². The number of aliphatic hydroxyl groups is 3. The van der Waals surface area contributed by atoms with Gasteiger partial charge in [-0.1, -0.05) is 68.1 Å². The summed E-state index contributed by atoms with van der Waals surface area (Å²) < 4.78 is 62.6. The Kier molecular flexibility index (Phi) is 14.2. The largest absolute Gasteiger partial charge is 0.397 e. The van der Waals surface area contributed by atoms with Crippen molar-refractivity contribution in [3.8, 4) is 22.5 Å². The number of aliphatic hydroxyl groups excluding tert-OH is 1. The molecule has 0 fully saturated rings. The third-order valence-electron chi connectivity index (χ3n) is 10.6. The fourth-order valence-corrected chi connectivity index (χ4v) is 7.19. The van der Waals surface area contributed by atoms with Crippen molar-refractivity contribution in [1.29, 1.82) is 0 Å². The molecule has 0 aliphatic carbocycles. The number of nitrogens with zero attached hydrogens (tertiary/aromatic N) is 10. The van der Waals surface area contributed by atoms with Gasteiger partial charge in [0.2, 0.25) is 0 Å². The van der Waals surface area contributed by atoms with E-state index in [0.29, 0.717) is 5.56 Å². The van der Waals surface area contributed by atoms with Crippen LogP contribution in [0.2, 0.25) is 0 Å². The minimum atomic E-state index is -1.88. The highest BCUT2D eigenvalue weighted by Gasteiger charge is 2.40. The van der Waals surface area contributed by atoms with Crippen LogP contribution in [0.1, 0.15) is 42.0 Å². The van der Waals surface area contributed by atoms with Crippen LogP contribution in [-0.4, -0.2) is 71.0 Å². The second-order valence-corrected chi connectivity index (χ2v) is 14.6. The number of benzene rings is 4. The van der Waals surface area contributed by atoms with Crippen LogP contribution in [-0.2, 0) is 38.4 Å². The van der Waals surface area contributed by atoms with Crippen LogP contribution in [0, 0.1) is 23.3 Å². The summed E-state index contributed by atoms with van der Waals surface area (Å²) in [7, 11) is 3.70. The van der Waals surface area contributed by atoms with Gasteiger partial charge in [0.1, 0.15) is 59.8 Å². The second-order valence-electron chi connectivity index (χ2n) is 14.6. The maximum Gasteiger partial charge on any atom is 0.137 e. The van der Waals surface area contributed by atoms with Crippen LogP contribution in [0.3, 0.4) is 0 Å². The molecule has 17 heteroatoms. The van der Waals surface area contributed by atoms with Gasteiger partial charge in [-0.15, -0.1) is 0 Å². The first-order valence-corrected chi connectivity index (χ1v) is 19.7. The van der Waals surface area contributed by atoms with E-state index < -0.39 is 40.4 Å². The summed E-state index contributed by atoms with van der Waals surface area (Å²) in [6.45, 7) is 7.59. The van der Waals surface area contributed by atoms with Gasteiger partial charge in [-0.25, -0.2) is 36.9 Å². The van der Waals surface area contributed by atoms with E-state index in [1.807, 2.05) is 62.6 Å². The van der Waals surface area contributed by atoms with Crippen LogP contribution in [0.4, 0.5) is 17.6 Å². The standard InChI is InChI=1S/C22H21F2N5O.C22H19F2N5O.C2H6O/c2*1-15(16-3-5-17(6-4-16)21-9-10-26-28(21)2)22(30,12-29-14-25-13-27-29)19-8-7-18(23)11-20(19)24;1-2-3/h3-11,13-15,30H,12H2,1-2H3;3-11,13-14,30H,1,12H2,2H3;3H,2H2,1H3/t15-,22+;22-;/m01./s1. The summed E-state index contributed by atoms with van der Waals surface area (Å²) in [4.78, 5) is 7.76. The van der Waals surface area contributed by atoms with Crippen molar-refractivity contribution in [1.82, 2.24) is 49.1 Å². The molecule has 0 saturated heterocycles. The molecule has 0 unspecified atom stereocenters. The molecular weight excluding hydrogens is 817 g/mol. The number of aromatic nitrogens is 10. The average molecular weight is 863 g/mol. The molecule has 0 aliphatic rings. The normalized spacial score (nSPS) is 13.4. The zero-order valence-corrected chi connectivity index (χ0v) is 34.9. The van der Waals surface area contributed by atoms with Crippen molar-refractivity contribution in [2.45, 2.75) is 44.1 Å². The Bertz CT molecular complexity index is 2720. The smallest absolute Gasteiger partial charge is 0.137 e. The Balaban J connectivity index is 0.000000198. The van der Waals surface area contributed by atoms with Gasteiger partial charge in [-0.2, -0.15) is 20.4 Å². The molecule has 326 valence electrons. The Morgan fingerprint density at radius 1 is 0.651 bits per heavy atom. The third-order valence-corrected chi connectivity index (χ3v) is 10.6. The minimum absolute atomic E-state index is 0.00242. The maximum atomic E-state index is 14.7. The van der Waals surface area contributed by atoms with E-state index in [2.05, 4.69) is 36.9 Å². The molecule has 0 aliphatic heterocycles. The van der Waals surface area contributed by atoms with Gasteiger partial charge in [0.25, 0.3) is 0 Å². The van der Waals surface area contributed by atoms with E-state index in [0.717, 1.165) is 52.3 Å². The summed E-state index contributed by atoms with van der Waals surface area (Å²) in [5.41, 5.74) is 1.78. The fraction of sp³-hybridized carbons (Fsp3) is 0.217. The van der Waals surface area contributed by atoms with Crippen LogP contribution in [0.5, 0.6) is 0 Å². The SMILES string of the molecule is C=C(c1ccc(-c2ccnn2C)cc1)[C@](O)(Cn1cncn1)c1ccc(F)cc1F.CCO.C[C@@H](c1ccc(-c2ccnn2C)cc1)[C@](O)(Cn1cncn1)c1ccc(F)cc1F. The molecule has 0 saturated carbocycles. The van der Waals surface area contributed by atoms with Crippen molar-refractivity contribution >= 4 is 5.57 Å². The van der Waals surface area contributed by atoms with Gasteiger partial charge in [0.15, 0.2) is 0 Å². The third kappa shape index (κ3) is 10.2. The van der Waals surface area contributed by atoms with Crippen molar-refractivity contribution in [3.63, 3.8) is 0 Å². The highest BCUT2D eigenvalue weighted by molar-refractivity contribution is 5.74. The van der Waals surface area contributed by atoms with Crippen molar-refractivity contribution in [2.24, 2.45) is 14.1 Å². The van der Waals surface area contributed by atoms with E-state index in [-0.39, 0.29) is 36.4 Å². The van der Waals surface area contributed by atoms with Gasteiger partial charge in [0, 0.05) is 62.3 Å². The number of hydrogen-bond donors (Lipinski definition) is 3. The summed E-state index contributed by atoms with van der Waals surface area (Å²) >= 11 is 0. The first-order chi connectivity index (χ1) is 30.2. The molecular formula is C46H46F4N10O3. The predicted molar refractivity (Wildman–Crippen MR) is 228 cm³/mol. The second kappa shape index (κ2) is 19.7. The average Bonchev–Trinajstić information content (AvgIpc) is 4.12. The Morgan fingerprint density at radius 3 is 1.54 bits per heavy atom. The monoisotopic (exact) mass is 862 g/mol. The summed E-state index contributed by atoms with van der Waals surface area (Å²) in [5, 5.41) is 47.2. The summed E-state index contributed by atoms with van der Waals surface area (Å²) in [6, 6.07) is 25.0. The molecule has 8 aromatic rings. The molecule has 63 heavy (non-hydrogen) atoms. The molecule has 8 rings (SSSR count). The van der Waals surface area contributed by atoms with Gasteiger partial charge < -0.3 is 15.3 Å². The molecule has 4 aromatic heterocycles.